The Morgan fingerprint density at radius 2 is 1.83 bits per heavy atom. The number of nitrogens with zero attached hydrogens (tertiary/aromatic N) is 1. The van der Waals surface area contributed by atoms with Crippen LogP contribution in [0.15, 0.2) is 42.5 Å². The molecule has 144 valence electrons. The summed E-state index contributed by atoms with van der Waals surface area (Å²) in [6, 6.07) is 13.5. The van der Waals surface area contributed by atoms with Crippen LogP contribution >= 0.6 is 0 Å². The average molecular weight is 389 g/mol. The van der Waals surface area contributed by atoms with Gasteiger partial charge < -0.3 is 14.9 Å². The number of para-hydroxylation sites is 2. The number of H-pyrrole nitrogens is 1. The van der Waals surface area contributed by atoms with Crippen molar-refractivity contribution in [2.75, 3.05) is 0 Å². The number of carbonyl (C=O) groups excluding carboxylic acids is 1. The number of aromatic nitrogens is 2. The summed E-state index contributed by atoms with van der Waals surface area (Å²) >= 11 is 0. The van der Waals surface area contributed by atoms with Gasteiger partial charge in [-0.25, -0.2) is 8.78 Å². The van der Waals surface area contributed by atoms with Crippen LogP contribution in [0.4, 0.5) is 8.78 Å². The zero-order valence-electron chi connectivity index (χ0n) is 15.6. The number of carbonyl (C=O) groups is 1. The molecule has 3 aromatic carbocycles. The van der Waals surface area contributed by atoms with Crippen LogP contribution in [0.1, 0.15) is 21.5 Å². The van der Waals surface area contributed by atoms with Gasteiger partial charge in [0.25, 0.3) is 5.91 Å². The van der Waals surface area contributed by atoms with Crippen molar-refractivity contribution in [1.82, 2.24) is 14.9 Å². The van der Waals surface area contributed by atoms with Crippen molar-refractivity contribution in [3.05, 3.63) is 59.2 Å². The lowest BCUT2D eigenvalue weighted by Crippen LogP contribution is -2.12. The van der Waals surface area contributed by atoms with Gasteiger partial charge in [0.2, 0.25) is 6.43 Å². The van der Waals surface area contributed by atoms with Crippen molar-refractivity contribution < 1.29 is 13.6 Å². The van der Waals surface area contributed by atoms with Crippen LogP contribution in [0.2, 0.25) is 0 Å². The topological polar surface area (TPSA) is 49.8 Å². The van der Waals surface area contributed by atoms with Crippen LogP contribution in [0, 0.1) is 0 Å². The largest absolute Gasteiger partial charge is 0.353 e. The number of amides is 1. The number of benzene rings is 3. The minimum Gasteiger partial charge on any atom is -0.353 e. The lowest BCUT2D eigenvalue weighted by molar-refractivity contribution is 0.0967. The molecule has 2 N–H and O–H groups in total. The van der Waals surface area contributed by atoms with Gasteiger partial charge in [0.15, 0.2) is 0 Å². The van der Waals surface area contributed by atoms with Crippen LogP contribution in [0.3, 0.4) is 0 Å². The van der Waals surface area contributed by atoms with E-state index in [2.05, 4.69) is 10.3 Å². The first-order chi connectivity index (χ1) is 14.1. The fraction of sp³-hybridized carbons (Fsp3) is 0.174. The van der Waals surface area contributed by atoms with Crippen LogP contribution in [-0.4, -0.2) is 21.9 Å². The molecule has 3 heterocycles. The number of hydrogen-bond donors (Lipinski definition) is 2. The van der Waals surface area contributed by atoms with Crippen LogP contribution in [0.5, 0.6) is 0 Å². The third-order valence-electron chi connectivity index (χ3n) is 6.12. The van der Waals surface area contributed by atoms with Crippen molar-refractivity contribution in [3.8, 4) is 0 Å². The molecule has 2 aromatic heterocycles. The van der Waals surface area contributed by atoms with E-state index in [0.29, 0.717) is 17.7 Å². The first kappa shape index (κ1) is 16.5. The van der Waals surface area contributed by atoms with Gasteiger partial charge in [0.05, 0.1) is 22.1 Å². The second-order valence-corrected chi connectivity index (χ2v) is 7.65. The number of aryl methyl sites for hydroxylation is 1. The highest BCUT2D eigenvalue weighted by atomic mass is 19.3. The summed E-state index contributed by atoms with van der Waals surface area (Å²) in [6.07, 6.45) is -2.74. The van der Waals surface area contributed by atoms with Gasteiger partial charge >= 0.3 is 0 Å². The van der Waals surface area contributed by atoms with Crippen LogP contribution < -0.4 is 5.32 Å². The molecule has 1 aliphatic heterocycles. The molecule has 5 aromatic rings. The summed E-state index contributed by atoms with van der Waals surface area (Å²) in [5.74, 6) is -0.107. The van der Waals surface area contributed by atoms with Gasteiger partial charge in [-0.3, -0.25) is 4.79 Å². The van der Waals surface area contributed by atoms with Gasteiger partial charge in [-0.2, -0.15) is 0 Å². The zero-order valence-corrected chi connectivity index (χ0v) is 15.6. The van der Waals surface area contributed by atoms with Gasteiger partial charge in [0, 0.05) is 47.1 Å². The highest BCUT2D eigenvalue weighted by molar-refractivity contribution is 6.30. The van der Waals surface area contributed by atoms with Crippen LogP contribution in [-0.2, 0) is 20.0 Å². The number of halogens is 2. The summed E-state index contributed by atoms with van der Waals surface area (Å²) in [7, 11) is 1.89. The van der Waals surface area contributed by atoms with Crippen molar-refractivity contribution in [3.63, 3.8) is 0 Å². The van der Waals surface area contributed by atoms with Crippen molar-refractivity contribution in [2.45, 2.75) is 19.4 Å². The van der Waals surface area contributed by atoms with E-state index in [1.807, 2.05) is 41.9 Å². The quantitative estimate of drug-likeness (QED) is 0.438. The molecule has 6 heteroatoms. The summed E-state index contributed by atoms with van der Waals surface area (Å²) in [5, 5.41) is 6.74. The molecule has 6 rings (SSSR count). The molecule has 0 saturated carbocycles. The fourth-order valence-electron chi connectivity index (χ4n) is 5.07. The third-order valence-corrected chi connectivity index (χ3v) is 6.12. The Labute approximate surface area is 164 Å². The minimum atomic E-state index is -2.43. The molecule has 1 amide bonds. The van der Waals surface area contributed by atoms with E-state index in [0.717, 1.165) is 49.2 Å². The first-order valence-corrected chi connectivity index (χ1v) is 9.58. The number of aromatic amines is 1. The minimum absolute atomic E-state index is 0.107. The fourth-order valence-corrected chi connectivity index (χ4v) is 5.07. The number of alkyl halides is 2. The van der Waals surface area contributed by atoms with E-state index < -0.39 is 6.43 Å². The Balaban J connectivity index is 1.92. The van der Waals surface area contributed by atoms with Gasteiger partial charge in [-0.15, -0.1) is 0 Å². The Hall–Kier alpha value is -3.41. The van der Waals surface area contributed by atoms with E-state index in [4.69, 9.17) is 0 Å². The molecule has 0 fully saturated rings. The second kappa shape index (κ2) is 5.56. The molecule has 0 atom stereocenters. The molecule has 1 aliphatic rings. The zero-order chi connectivity index (χ0) is 19.9. The Kier molecular flexibility index (Phi) is 3.17. The smallest absolute Gasteiger partial charge is 0.252 e. The average Bonchev–Trinajstić information content (AvgIpc) is 3.34. The van der Waals surface area contributed by atoms with E-state index in [1.54, 1.807) is 12.1 Å². The van der Waals surface area contributed by atoms with Gasteiger partial charge in [-0.1, -0.05) is 36.4 Å². The molecular formula is C23H17F2N3O. The number of hydrogen-bond acceptors (Lipinski definition) is 1. The summed E-state index contributed by atoms with van der Waals surface area (Å²) in [4.78, 5) is 16.4. The highest BCUT2D eigenvalue weighted by Gasteiger charge is 2.30. The van der Waals surface area contributed by atoms with Crippen LogP contribution in [0.25, 0.3) is 43.6 Å². The lowest BCUT2D eigenvalue weighted by atomic mass is 9.96. The maximum Gasteiger partial charge on any atom is 0.252 e. The molecular weight excluding hydrogens is 372 g/mol. The lowest BCUT2D eigenvalue weighted by Gasteiger charge is -2.06. The normalized spacial score (nSPS) is 14.0. The molecule has 0 radical (unpaired) electrons. The molecule has 29 heavy (non-hydrogen) atoms. The maximum absolute atomic E-state index is 13.2. The van der Waals surface area contributed by atoms with E-state index in [-0.39, 0.29) is 12.3 Å². The summed E-state index contributed by atoms with van der Waals surface area (Å²) in [5.41, 5.74) is 5.80. The number of fused-ring (bicyclic) bond motifs is 10. The molecule has 0 aliphatic carbocycles. The van der Waals surface area contributed by atoms with E-state index >= 15 is 0 Å². The monoisotopic (exact) mass is 389 g/mol. The van der Waals surface area contributed by atoms with Crippen molar-refractivity contribution in [2.24, 2.45) is 7.05 Å². The van der Waals surface area contributed by atoms with Gasteiger partial charge in [-0.05, 0) is 17.2 Å². The summed E-state index contributed by atoms with van der Waals surface area (Å²) in [6.45, 7) is 0.468. The second-order valence-electron chi connectivity index (χ2n) is 7.65. The molecule has 0 spiro atoms. The molecule has 4 nitrogen and oxygen atoms in total. The number of nitrogens with one attached hydrogen (secondary N) is 2. The Bertz CT molecular complexity index is 1490. The SMILES string of the molecule is Cn1c2c(CC(F)F)cccc2c2c3c(c4c5ccccc5[nH]c4c21)CNC3=O. The maximum atomic E-state index is 13.2. The molecule has 0 bridgehead atoms. The predicted molar refractivity (Wildman–Crippen MR) is 111 cm³/mol. The van der Waals surface area contributed by atoms with E-state index in [9.17, 15) is 13.6 Å². The molecule has 0 unspecified atom stereocenters. The molecule has 0 saturated heterocycles. The Morgan fingerprint density at radius 3 is 2.66 bits per heavy atom. The van der Waals surface area contributed by atoms with Crippen molar-refractivity contribution >= 4 is 49.5 Å². The van der Waals surface area contributed by atoms with Crippen molar-refractivity contribution in [1.29, 1.82) is 0 Å². The standard InChI is InChI=1S/C23H17F2N3O/c1-28-21-11(9-16(24)25)5-4-7-13(21)18-19-14(10-26-23(19)29)17-12-6-2-3-8-15(12)27-20(17)22(18)28/h2-8,16,27H,9-10H2,1H3,(H,26,29). The Morgan fingerprint density at radius 1 is 1.03 bits per heavy atom. The number of rotatable bonds is 2. The first-order valence-electron chi connectivity index (χ1n) is 9.58. The van der Waals surface area contributed by atoms with Gasteiger partial charge in [0.1, 0.15) is 0 Å². The van der Waals surface area contributed by atoms with E-state index in [1.165, 1.54) is 0 Å². The third kappa shape index (κ3) is 2.03. The summed E-state index contributed by atoms with van der Waals surface area (Å²) < 4.78 is 28.4. The highest BCUT2D eigenvalue weighted by Crippen LogP contribution is 2.43. The predicted octanol–water partition coefficient (Wildman–Crippen LogP) is 5.02.